The summed E-state index contributed by atoms with van der Waals surface area (Å²) in [6, 6.07) is 0. The fourth-order valence-electron chi connectivity index (χ4n) is 2.55. The fraction of sp³-hybridized carbons (Fsp3) is 0.545. The van der Waals surface area contributed by atoms with Gasteiger partial charge in [0.05, 0.1) is 0 Å². The van der Waals surface area contributed by atoms with E-state index in [1.54, 1.807) is 0 Å². The number of hydrogen-bond donors (Lipinski definition) is 0. The molecule has 2 fully saturated rings. The van der Waals surface area contributed by atoms with Gasteiger partial charge in [0.2, 0.25) is 0 Å². The van der Waals surface area contributed by atoms with Gasteiger partial charge in [0.25, 0.3) is 0 Å². The lowest BCUT2D eigenvalue weighted by atomic mass is 9.92. The predicted molar refractivity (Wildman–Crippen MR) is 50.0 cm³/mol. The van der Waals surface area contributed by atoms with E-state index in [2.05, 4.69) is 13.2 Å². The largest absolute Gasteiger partial charge is 0.461 e. The lowest BCUT2D eigenvalue weighted by molar-refractivity contribution is -0.148. The van der Waals surface area contributed by atoms with Crippen molar-refractivity contribution in [2.45, 2.75) is 25.9 Å². The molecular weight excluding hydrogens is 164 g/mol. The first kappa shape index (κ1) is 8.54. The second-order valence-corrected chi connectivity index (χ2v) is 3.91. The average Bonchev–Trinajstić information content (AvgIpc) is 2.51. The Bertz CT molecular complexity index is 268. The number of carbonyl (C=O) groups excluding carboxylic acids is 1. The number of hydrogen-bond acceptors (Lipinski definition) is 2. The highest BCUT2D eigenvalue weighted by Crippen LogP contribution is 2.51. The van der Waals surface area contributed by atoms with Crippen LogP contribution in [0.25, 0.3) is 0 Å². The van der Waals surface area contributed by atoms with E-state index >= 15 is 0 Å². The van der Waals surface area contributed by atoms with Crippen LogP contribution in [0.4, 0.5) is 0 Å². The van der Waals surface area contributed by atoms with Gasteiger partial charge in [-0.3, -0.25) is 4.79 Å². The molecule has 0 aromatic carbocycles. The van der Waals surface area contributed by atoms with Crippen molar-refractivity contribution in [1.82, 2.24) is 0 Å². The molecule has 0 heterocycles. The molecule has 2 nitrogen and oxygen atoms in total. The van der Waals surface area contributed by atoms with Crippen molar-refractivity contribution in [2.24, 2.45) is 11.8 Å². The highest BCUT2D eigenvalue weighted by molar-refractivity contribution is 5.66. The van der Waals surface area contributed by atoms with Crippen LogP contribution in [0, 0.1) is 11.8 Å². The van der Waals surface area contributed by atoms with E-state index < -0.39 is 0 Å². The smallest absolute Gasteiger partial charge is 0.302 e. The second-order valence-electron chi connectivity index (χ2n) is 3.91. The van der Waals surface area contributed by atoms with E-state index in [0.29, 0.717) is 11.8 Å². The highest BCUT2D eigenvalue weighted by atomic mass is 16.5. The Kier molecular flexibility index (Phi) is 1.79. The van der Waals surface area contributed by atoms with Crippen LogP contribution in [0.1, 0.15) is 19.8 Å². The number of ether oxygens (including phenoxy) is 1. The molecule has 0 radical (unpaired) electrons. The van der Waals surface area contributed by atoms with Gasteiger partial charge in [-0.05, 0) is 24.0 Å². The van der Waals surface area contributed by atoms with Crippen molar-refractivity contribution >= 4 is 5.97 Å². The maximum Gasteiger partial charge on any atom is 0.302 e. The molecule has 2 heteroatoms. The summed E-state index contributed by atoms with van der Waals surface area (Å²) in [4.78, 5) is 10.9. The third kappa shape index (κ3) is 1.12. The van der Waals surface area contributed by atoms with Gasteiger partial charge in [0.1, 0.15) is 6.10 Å². The molecule has 2 bridgehead atoms. The third-order valence-corrected chi connectivity index (χ3v) is 3.19. The molecule has 0 aromatic heterocycles. The summed E-state index contributed by atoms with van der Waals surface area (Å²) in [7, 11) is 0. The molecule has 2 rings (SSSR count). The third-order valence-electron chi connectivity index (χ3n) is 3.19. The second kappa shape index (κ2) is 2.72. The summed E-state index contributed by atoms with van der Waals surface area (Å²) < 4.78 is 5.28. The quantitative estimate of drug-likeness (QED) is 0.574. The number of rotatable bonds is 1. The summed E-state index contributed by atoms with van der Waals surface area (Å²) in [5, 5.41) is 0. The lowest BCUT2D eigenvalue weighted by Crippen LogP contribution is -2.21. The van der Waals surface area contributed by atoms with Gasteiger partial charge in [-0.15, -0.1) is 0 Å². The molecule has 0 aliphatic heterocycles. The Morgan fingerprint density at radius 3 is 2.15 bits per heavy atom. The molecule has 3 atom stereocenters. The number of fused-ring (bicyclic) bond motifs is 2. The molecule has 0 aromatic rings. The Morgan fingerprint density at radius 1 is 1.31 bits per heavy atom. The van der Waals surface area contributed by atoms with Crippen molar-refractivity contribution < 1.29 is 9.53 Å². The van der Waals surface area contributed by atoms with Crippen molar-refractivity contribution in [2.75, 3.05) is 0 Å². The van der Waals surface area contributed by atoms with Gasteiger partial charge in [0.15, 0.2) is 0 Å². The fourth-order valence-corrected chi connectivity index (χ4v) is 2.55. The van der Waals surface area contributed by atoms with Crippen molar-refractivity contribution in [1.29, 1.82) is 0 Å². The lowest BCUT2D eigenvalue weighted by Gasteiger charge is -2.14. The molecule has 2 aliphatic rings. The van der Waals surface area contributed by atoms with Crippen LogP contribution in [0.5, 0.6) is 0 Å². The maximum absolute atomic E-state index is 10.9. The van der Waals surface area contributed by atoms with Crippen LogP contribution in [-0.2, 0) is 9.53 Å². The van der Waals surface area contributed by atoms with E-state index in [9.17, 15) is 4.79 Å². The van der Waals surface area contributed by atoms with Crippen LogP contribution in [0.2, 0.25) is 0 Å². The van der Waals surface area contributed by atoms with Crippen molar-refractivity contribution in [3.63, 3.8) is 0 Å². The standard InChI is InChI=1S/C11H14O2/c1-6-7(2)10-5-4-9(6)11(10)13-8(3)12/h9-11H,1-2,4-5H2,3H3/t9-,10+,11?. The topological polar surface area (TPSA) is 26.3 Å². The minimum Gasteiger partial charge on any atom is -0.461 e. The monoisotopic (exact) mass is 178 g/mol. The van der Waals surface area contributed by atoms with E-state index in [-0.39, 0.29) is 12.1 Å². The molecule has 0 saturated heterocycles. The van der Waals surface area contributed by atoms with E-state index in [1.165, 1.54) is 6.92 Å². The molecular formula is C11H14O2. The SMILES string of the molecule is C=C1C(=C)[C@@H]2CC[C@H]1C2OC(C)=O. The van der Waals surface area contributed by atoms with Gasteiger partial charge in [-0.2, -0.15) is 0 Å². The van der Waals surface area contributed by atoms with Gasteiger partial charge >= 0.3 is 5.97 Å². The van der Waals surface area contributed by atoms with Gasteiger partial charge in [0, 0.05) is 18.8 Å². The molecule has 70 valence electrons. The van der Waals surface area contributed by atoms with Crippen molar-refractivity contribution in [3.05, 3.63) is 24.3 Å². The molecule has 1 unspecified atom stereocenters. The minimum absolute atomic E-state index is 0.0394. The first-order valence-corrected chi connectivity index (χ1v) is 4.66. The van der Waals surface area contributed by atoms with Gasteiger partial charge in [-0.1, -0.05) is 13.2 Å². The molecule has 0 spiro atoms. The summed E-state index contributed by atoms with van der Waals surface area (Å²) in [5.41, 5.74) is 2.20. The summed E-state index contributed by atoms with van der Waals surface area (Å²) >= 11 is 0. The van der Waals surface area contributed by atoms with Gasteiger partial charge in [-0.25, -0.2) is 0 Å². The first-order chi connectivity index (χ1) is 6.11. The zero-order valence-corrected chi connectivity index (χ0v) is 7.88. The van der Waals surface area contributed by atoms with Crippen molar-refractivity contribution in [3.8, 4) is 0 Å². The number of esters is 1. The molecule has 13 heavy (non-hydrogen) atoms. The zero-order valence-electron chi connectivity index (χ0n) is 7.88. The minimum atomic E-state index is -0.190. The van der Waals surface area contributed by atoms with E-state index in [0.717, 1.165) is 24.0 Å². The van der Waals surface area contributed by atoms with Crippen LogP contribution in [0.3, 0.4) is 0 Å². The Labute approximate surface area is 78.3 Å². The molecule has 2 saturated carbocycles. The van der Waals surface area contributed by atoms with Crippen LogP contribution >= 0.6 is 0 Å². The molecule has 2 aliphatic carbocycles. The van der Waals surface area contributed by atoms with Gasteiger partial charge < -0.3 is 4.74 Å². The normalized spacial score (nSPS) is 36.8. The summed E-state index contributed by atoms with van der Waals surface area (Å²) in [5.74, 6) is 0.507. The maximum atomic E-state index is 10.9. The molecule has 0 amide bonds. The first-order valence-electron chi connectivity index (χ1n) is 4.66. The van der Waals surface area contributed by atoms with Crippen LogP contribution in [0.15, 0.2) is 24.3 Å². The zero-order chi connectivity index (χ0) is 9.59. The number of carbonyl (C=O) groups is 1. The van der Waals surface area contributed by atoms with Crippen LogP contribution in [-0.4, -0.2) is 12.1 Å². The summed E-state index contributed by atoms with van der Waals surface area (Å²) in [6.45, 7) is 9.43. The molecule has 0 N–H and O–H groups in total. The Morgan fingerprint density at radius 2 is 1.77 bits per heavy atom. The highest BCUT2D eigenvalue weighted by Gasteiger charge is 2.48. The van der Waals surface area contributed by atoms with E-state index in [1.807, 2.05) is 0 Å². The average molecular weight is 178 g/mol. The Hall–Kier alpha value is -1.05. The van der Waals surface area contributed by atoms with E-state index in [4.69, 9.17) is 4.74 Å². The predicted octanol–water partition coefficient (Wildman–Crippen LogP) is 2.07. The van der Waals surface area contributed by atoms with Crippen LogP contribution < -0.4 is 0 Å². The summed E-state index contributed by atoms with van der Waals surface area (Å²) in [6.07, 6.45) is 2.23. The Balaban J connectivity index is 2.19.